The third-order valence-electron chi connectivity index (χ3n) is 4.74. The highest BCUT2D eigenvalue weighted by Gasteiger charge is 2.38. The van der Waals surface area contributed by atoms with Crippen molar-refractivity contribution in [3.05, 3.63) is 65.0 Å². The molecule has 0 fully saturated rings. The lowest BCUT2D eigenvalue weighted by atomic mass is 9.92. The van der Waals surface area contributed by atoms with Crippen LogP contribution in [0.4, 0.5) is 18.0 Å². The summed E-state index contributed by atoms with van der Waals surface area (Å²) in [5.41, 5.74) is 2.73. The zero-order chi connectivity index (χ0) is 23.1. The van der Waals surface area contributed by atoms with Gasteiger partial charge in [0.05, 0.1) is 26.9 Å². The summed E-state index contributed by atoms with van der Waals surface area (Å²) in [5.74, 6) is -3.52. The number of hydrogen-bond donors (Lipinski definition) is 3. The van der Waals surface area contributed by atoms with Gasteiger partial charge < -0.3 is 19.9 Å². The van der Waals surface area contributed by atoms with E-state index in [1.165, 1.54) is 7.11 Å². The van der Waals surface area contributed by atoms with E-state index in [4.69, 9.17) is 19.4 Å². The topological polar surface area (TPSA) is 101 Å². The van der Waals surface area contributed by atoms with Crippen LogP contribution in [-0.2, 0) is 16.2 Å². The largest absolute Gasteiger partial charge is 0.497 e. The lowest BCUT2D eigenvalue weighted by Crippen LogP contribution is -2.48. The molecule has 11 heteroatoms. The van der Waals surface area contributed by atoms with Crippen molar-refractivity contribution in [2.45, 2.75) is 18.6 Å². The van der Waals surface area contributed by atoms with Crippen molar-refractivity contribution in [1.29, 1.82) is 0 Å². The maximum atomic E-state index is 14.4. The van der Waals surface area contributed by atoms with Gasteiger partial charge in [0, 0.05) is 23.6 Å². The molecule has 0 radical (unpaired) electrons. The van der Waals surface area contributed by atoms with E-state index in [0.29, 0.717) is 23.4 Å². The van der Waals surface area contributed by atoms with Crippen LogP contribution in [0.2, 0.25) is 0 Å². The van der Waals surface area contributed by atoms with Gasteiger partial charge in [-0.1, -0.05) is 12.1 Å². The normalized spacial score (nSPS) is 17.6. The quantitative estimate of drug-likeness (QED) is 0.419. The van der Waals surface area contributed by atoms with Gasteiger partial charge in [0.15, 0.2) is 0 Å². The molecule has 2 atom stereocenters. The number of nitrogens with one attached hydrogen (secondary N) is 2. The van der Waals surface area contributed by atoms with Crippen LogP contribution in [0.25, 0.3) is 0 Å². The number of carbonyl (C=O) groups is 1. The molecule has 0 saturated carbocycles. The van der Waals surface area contributed by atoms with Gasteiger partial charge in [-0.2, -0.15) is 0 Å². The van der Waals surface area contributed by atoms with Gasteiger partial charge >= 0.3 is 6.09 Å². The molecule has 1 amide bonds. The Labute approximate surface area is 182 Å². The average Bonchev–Trinajstić information content (AvgIpc) is 3.14. The van der Waals surface area contributed by atoms with Gasteiger partial charge in [0.25, 0.3) is 0 Å². The van der Waals surface area contributed by atoms with Crippen LogP contribution in [0.5, 0.6) is 5.75 Å². The summed E-state index contributed by atoms with van der Waals surface area (Å²) in [4.78, 5) is 21.5. The Balaban J connectivity index is 1.72. The second-order valence-corrected chi connectivity index (χ2v) is 6.84. The minimum atomic E-state index is -1.10. The Morgan fingerprint density at radius 3 is 2.50 bits per heavy atom. The van der Waals surface area contributed by atoms with Gasteiger partial charge in [0.1, 0.15) is 41.7 Å². The molecule has 0 spiro atoms. The number of ether oxygens (including phenoxy) is 2. The molecule has 1 heterocycles. The second-order valence-electron chi connectivity index (χ2n) is 6.84. The van der Waals surface area contributed by atoms with Gasteiger partial charge in [-0.15, -0.1) is 0 Å². The van der Waals surface area contributed by atoms with Crippen LogP contribution >= 0.6 is 0 Å². The number of rotatable bonds is 8. The van der Waals surface area contributed by atoms with Crippen molar-refractivity contribution in [2.75, 3.05) is 26.9 Å². The maximum Gasteiger partial charge on any atom is 0.408 e. The first-order valence-corrected chi connectivity index (χ1v) is 9.66. The minimum absolute atomic E-state index is 0.0621. The van der Waals surface area contributed by atoms with Gasteiger partial charge in [-0.3, -0.25) is 15.3 Å². The summed E-state index contributed by atoms with van der Waals surface area (Å²) in [6.45, 7) is -0.536. The van der Waals surface area contributed by atoms with Crippen molar-refractivity contribution in [3.8, 4) is 5.75 Å². The lowest BCUT2D eigenvalue weighted by Gasteiger charge is -2.23. The van der Waals surface area contributed by atoms with Crippen LogP contribution in [0.1, 0.15) is 17.0 Å². The van der Waals surface area contributed by atoms with Gasteiger partial charge in [0.2, 0.25) is 0 Å². The molecule has 0 aromatic heterocycles. The van der Waals surface area contributed by atoms with Crippen LogP contribution in [0.3, 0.4) is 0 Å². The number of halogens is 3. The first-order valence-electron chi connectivity index (χ1n) is 9.66. The Morgan fingerprint density at radius 2 is 1.88 bits per heavy atom. The third-order valence-corrected chi connectivity index (χ3v) is 4.74. The maximum absolute atomic E-state index is 14.4. The fourth-order valence-electron chi connectivity index (χ4n) is 3.23. The SMILES string of the molecule is COc1ccc(COC(=O)N[C@@H]2C(NOCCO)=NC[C@H]2c2c(F)cc(F)cc2F)cc1. The van der Waals surface area contributed by atoms with Gasteiger partial charge in [-0.05, 0) is 17.7 Å². The molecule has 3 rings (SSSR count). The lowest BCUT2D eigenvalue weighted by molar-refractivity contribution is 0.0513. The van der Waals surface area contributed by atoms with E-state index in [0.717, 1.165) is 0 Å². The fourth-order valence-corrected chi connectivity index (χ4v) is 3.23. The first-order chi connectivity index (χ1) is 15.4. The summed E-state index contributed by atoms with van der Waals surface area (Å²) < 4.78 is 52.3. The molecule has 3 N–H and O–H groups in total. The van der Waals surface area contributed by atoms with E-state index >= 15 is 0 Å². The van der Waals surface area contributed by atoms with E-state index in [1.807, 2.05) is 0 Å². The van der Waals surface area contributed by atoms with Crippen molar-refractivity contribution in [2.24, 2.45) is 4.99 Å². The number of hydroxylamine groups is 1. The number of alkyl carbamates (subject to hydrolysis) is 1. The smallest absolute Gasteiger partial charge is 0.408 e. The van der Waals surface area contributed by atoms with Crippen molar-refractivity contribution >= 4 is 11.9 Å². The second kappa shape index (κ2) is 10.8. The summed E-state index contributed by atoms with van der Waals surface area (Å²) in [5, 5.41) is 11.4. The molecule has 8 nitrogen and oxygen atoms in total. The zero-order valence-electron chi connectivity index (χ0n) is 17.1. The molecule has 2 aromatic carbocycles. The number of aliphatic hydroxyl groups excluding tert-OH is 1. The molecule has 0 saturated heterocycles. The number of benzene rings is 2. The Bertz CT molecular complexity index is 949. The van der Waals surface area contributed by atoms with E-state index in [2.05, 4.69) is 15.8 Å². The summed E-state index contributed by atoms with van der Waals surface area (Å²) in [6.07, 6.45) is -0.864. The molecule has 1 aliphatic rings. The number of aliphatic hydroxyl groups is 1. The van der Waals surface area contributed by atoms with Crippen LogP contribution in [-0.4, -0.2) is 49.9 Å². The Kier molecular flexibility index (Phi) is 7.90. The van der Waals surface area contributed by atoms with Crippen LogP contribution in [0, 0.1) is 17.5 Å². The van der Waals surface area contributed by atoms with E-state index in [9.17, 15) is 18.0 Å². The first kappa shape index (κ1) is 23.4. The van der Waals surface area contributed by atoms with Crippen LogP contribution < -0.4 is 15.5 Å². The number of hydrogen-bond acceptors (Lipinski definition) is 7. The fraction of sp³-hybridized carbons (Fsp3) is 0.333. The molecule has 0 unspecified atom stereocenters. The summed E-state index contributed by atoms with van der Waals surface area (Å²) in [7, 11) is 1.53. The standard InChI is InChI=1S/C21H22F3N3O5/c1-30-14-4-2-12(3-5-14)11-31-21(29)26-19-15(10-25-20(19)27-32-7-6-28)18-16(23)8-13(22)9-17(18)24/h2-5,8-9,15,19,28H,6-7,10-11H2,1H3,(H,25,27)(H,26,29)/t15-,19-/m0/s1. The minimum Gasteiger partial charge on any atom is -0.497 e. The van der Waals surface area contributed by atoms with E-state index in [-0.39, 0.29) is 32.2 Å². The highest BCUT2D eigenvalue weighted by atomic mass is 19.1. The molecular formula is C21H22F3N3O5. The zero-order valence-corrected chi connectivity index (χ0v) is 17.1. The number of methoxy groups -OCH3 is 1. The van der Waals surface area contributed by atoms with Crippen molar-refractivity contribution in [1.82, 2.24) is 10.8 Å². The average molecular weight is 453 g/mol. The molecule has 0 aliphatic carbocycles. The Hall–Kier alpha value is -3.31. The monoisotopic (exact) mass is 453 g/mol. The number of amidine groups is 1. The number of amides is 1. The van der Waals surface area contributed by atoms with Crippen LogP contribution in [0.15, 0.2) is 41.4 Å². The van der Waals surface area contributed by atoms with E-state index in [1.54, 1.807) is 24.3 Å². The molecular weight excluding hydrogens is 431 g/mol. The Morgan fingerprint density at radius 1 is 1.19 bits per heavy atom. The molecule has 1 aliphatic heterocycles. The molecule has 2 aromatic rings. The van der Waals surface area contributed by atoms with Gasteiger partial charge in [-0.25, -0.2) is 18.0 Å². The third kappa shape index (κ3) is 5.68. The highest BCUT2D eigenvalue weighted by molar-refractivity contribution is 5.92. The molecule has 32 heavy (non-hydrogen) atoms. The number of aliphatic imine (C=N–C) groups is 1. The summed E-state index contributed by atoms with van der Waals surface area (Å²) >= 11 is 0. The number of nitrogens with zero attached hydrogens (tertiary/aromatic N) is 1. The summed E-state index contributed by atoms with van der Waals surface area (Å²) in [6, 6.07) is 6.91. The predicted octanol–water partition coefficient (Wildman–Crippen LogP) is 2.42. The molecule has 0 bridgehead atoms. The van der Waals surface area contributed by atoms with Crippen molar-refractivity contribution in [3.63, 3.8) is 0 Å². The molecule has 172 valence electrons. The highest BCUT2D eigenvalue weighted by Crippen LogP contribution is 2.31. The number of carbonyl (C=O) groups excluding carboxylic acids is 1. The van der Waals surface area contributed by atoms with E-state index < -0.39 is 41.1 Å². The predicted molar refractivity (Wildman–Crippen MR) is 108 cm³/mol. The van der Waals surface area contributed by atoms with Crippen molar-refractivity contribution < 1.29 is 37.4 Å².